The Kier molecular flexibility index (Phi) is 3.13. The topological polar surface area (TPSA) is 40.6 Å². The molecule has 0 saturated heterocycles. The van der Waals surface area contributed by atoms with Crippen LogP contribution in [-0.2, 0) is 0 Å². The van der Waals surface area contributed by atoms with E-state index in [9.17, 15) is 4.39 Å². The molecule has 0 bridgehead atoms. The van der Waals surface area contributed by atoms with Crippen LogP contribution in [0.15, 0.2) is 30.5 Å². The lowest BCUT2D eigenvalue weighted by Gasteiger charge is -2.28. The molecular formula is C17H16FNO3. The summed E-state index contributed by atoms with van der Waals surface area (Å²) in [7, 11) is 1.56. The van der Waals surface area contributed by atoms with Gasteiger partial charge in [-0.15, -0.1) is 0 Å². The van der Waals surface area contributed by atoms with Crippen LogP contribution in [0.4, 0.5) is 4.39 Å². The zero-order valence-electron chi connectivity index (χ0n) is 12.2. The second kappa shape index (κ2) is 5.16. The largest absolute Gasteiger partial charge is 0.485 e. The summed E-state index contributed by atoms with van der Waals surface area (Å²) in [6.07, 6.45) is 3.57. The summed E-state index contributed by atoms with van der Waals surface area (Å²) in [5.74, 6) is 1.42. The lowest BCUT2D eigenvalue weighted by Crippen LogP contribution is -2.23. The number of ether oxygens (including phenoxy) is 3. The first-order chi connectivity index (χ1) is 10.8. The Labute approximate surface area is 127 Å². The number of fused-ring (bicyclic) bond motifs is 1. The molecule has 1 unspecified atom stereocenters. The summed E-state index contributed by atoms with van der Waals surface area (Å²) < 4.78 is 30.8. The molecule has 1 aromatic carbocycles. The smallest absolute Gasteiger partial charge is 0.212 e. The van der Waals surface area contributed by atoms with Gasteiger partial charge in [-0.2, -0.15) is 0 Å². The molecule has 4 nitrogen and oxygen atoms in total. The van der Waals surface area contributed by atoms with Gasteiger partial charge in [-0.3, -0.25) is 0 Å². The van der Waals surface area contributed by atoms with Gasteiger partial charge in [0.05, 0.1) is 7.11 Å². The van der Waals surface area contributed by atoms with Crippen LogP contribution in [-0.4, -0.2) is 18.7 Å². The van der Waals surface area contributed by atoms with E-state index in [4.69, 9.17) is 14.2 Å². The second-order valence-corrected chi connectivity index (χ2v) is 5.62. The summed E-state index contributed by atoms with van der Waals surface area (Å²) >= 11 is 0. The average Bonchev–Trinajstić information content (AvgIpc) is 3.40. The summed E-state index contributed by atoms with van der Waals surface area (Å²) in [5.41, 5.74) is 1.89. The first kappa shape index (κ1) is 13.4. The number of halogens is 1. The maximum absolute atomic E-state index is 14.1. The van der Waals surface area contributed by atoms with E-state index in [0.29, 0.717) is 24.2 Å². The molecule has 1 saturated carbocycles. The number of pyridine rings is 1. The molecule has 1 aliphatic heterocycles. The third-order valence-electron chi connectivity index (χ3n) is 4.09. The van der Waals surface area contributed by atoms with Crippen LogP contribution in [0.25, 0.3) is 0 Å². The number of aromatic nitrogens is 1. The summed E-state index contributed by atoms with van der Waals surface area (Å²) in [6.45, 7) is 0.351. The third kappa shape index (κ3) is 2.26. The van der Waals surface area contributed by atoms with Gasteiger partial charge in [0.1, 0.15) is 6.61 Å². The van der Waals surface area contributed by atoms with Gasteiger partial charge in [0.2, 0.25) is 5.88 Å². The van der Waals surface area contributed by atoms with Crippen LogP contribution in [0.2, 0.25) is 0 Å². The molecule has 0 amide bonds. The van der Waals surface area contributed by atoms with E-state index in [-0.39, 0.29) is 17.7 Å². The molecule has 1 fully saturated rings. The number of methoxy groups -OCH3 is 1. The van der Waals surface area contributed by atoms with E-state index in [1.54, 1.807) is 19.4 Å². The highest BCUT2D eigenvalue weighted by Crippen LogP contribution is 2.50. The third-order valence-corrected chi connectivity index (χ3v) is 4.09. The van der Waals surface area contributed by atoms with Crippen LogP contribution in [0.5, 0.6) is 17.4 Å². The molecule has 1 atom stereocenters. The fourth-order valence-corrected chi connectivity index (χ4v) is 2.73. The van der Waals surface area contributed by atoms with Crippen molar-refractivity contribution in [1.29, 1.82) is 0 Å². The first-order valence-corrected chi connectivity index (χ1v) is 7.38. The lowest BCUT2D eigenvalue weighted by atomic mass is 10.1. The highest BCUT2D eigenvalue weighted by atomic mass is 19.1. The average molecular weight is 301 g/mol. The van der Waals surface area contributed by atoms with E-state index in [1.807, 2.05) is 12.1 Å². The van der Waals surface area contributed by atoms with E-state index >= 15 is 0 Å². The zero-order valence-corrected chi connectivity index (χ0v) is 12.2. The van der Waals surface area contributed by atoms with E-state index in [1.165, 1.54) is 6.07 Å². The Balaban J connectivity index is 1.64. The number of nitrogens with zero attached hydrogens (tertiary/aromatic N) is 1. The van der Waals surface area contributed by atoms with Gasteiger partial charge in [0.15, 0.2) is 23.4 Å². The van der Waals surface area contributed by atoms with Crippen LogP contribution in [0.3, 0.4) is 0 Å². The molecule has 114 valence electrons. The molecule has 4 rings (SSSR count). The fourth-order valence-electron chi connectivity index (χ4n) is 2.73. The number of hydrogen-bond donors (Lipinski definition) is 0. The highest BCUT2D eigenvalue weighted by Gasteiger charge is 2.33. The minimum absolute atomic E-state index is 0.219. The molecule has 0 radical (unpaired) electrons. The van der Waals surface area contributed by atoms with Crippen molar-refractivity contribution in [3.63, 3.8) is 0 Å². The molecule has 2 aromatic rings. The Hall–Kier alpha value is -2.30. The van der Waals surface area contributed by atoms with Crippen molar-refractivity contribution in [2.45, 2.75) is 24.9 Å². The van der Waals surface area contributed by atoms with Gasteiger partial charge in [0, 0.05) is 23.4 Å². The number of rotatable bonds is 3. The minimum Gasteiger partial charge on any atom is -0.485 e. The standard InChI is InChI=1S/C17H16FNO3/c1-20-15-7-4-11(8-19-15)14-9-21-16-12(10-2-3-10)5-6-13(18)17(16)22-14/h4-8,10,14H,2-3,9H2,1H3. The highest BCUT2D eigenvalue weighted by molar-refractivity contribution is 5.51. The van der Waals surface area contributed by atoms with E-state index < -0.39 is 0 Å². The predicted molar refractivity (Wildman–Crippen MR) is 78.0 cm³/mol. The summed E-state index contributed by atoms with van der Waals surface area (Å²) in [4.78, 5) is 4.16. The van der Waals surface area contributed by atoms with Crippen molar-refractivity contribution in [2.75, 3.05) is 13.7 Å². The molecule has 1 aliphatic carbocycles. The van der Waals surface area contributed by atoms with Gasteiger partial charge in [0.25, 0.3) is 0 Å². The van der Waals surface area contributed by atoms with Crippen molar-refractivity contribution in [3.05, 3.63) is 47.4 Å². The molecule has 2 aliphatic rings. The van der Waals surface area contributed by atoms with Crippen molar-refractivity contribution in [2.24, 2.45) is 0 Å². The van der Waals surface area contributed by atoms with Crippen LogP contribution in [0.1, 0.15) is 36.0 Å². The van der Waals surface area contributed by atoms with E-state index in [0.717, 1.165) is 24.0 Å². The predicted octanol–water partition coefficient (Wildman–Crippen LogP) is 3.62. The molecule has 22 heavy (non-hydrogen) atoms. The lowest BCUT2D eigenvalue weighted by molar-refractivity contribution is 0.0843. The molecule has 1 aromatic heterocycles. The van der Waals surface area contributed by atoms with Gasteiger partial charge >= 0.3 is 0 Å². The Bertz CT molecular complexity index is 698. The summed E-state index contributed by atoms with van der Waals surface area (Å²) in [6, 6.07) is 6.88. The molecule has 5 heteroatoms. The Morgan fingerprint density at radius 1 is 1.18 bits per heavy atom. The SMILES string of the molecule is COc1ccc(C2COc3c(C4CC4)ccc(F)c3O2)cn1. The van der Waals surface area contributed by atoms with Crippen molar-refractivity contribution in [1.82, 2.24) is 4.98 Å². The van der Waals surface area contributed by atoms with Crippen molar-refractivity contribution >= 4 is 0 Å². The van der Waals surface area contributed by atoms with Gasteiger partial charge in [-0.05, 0) is 30.9 Å². The van der Waals surface area contributed by atoms with Crippen LogP contribution < -0.4 is 14.2 Å². The first-order valence-electron chi connectivity index (χ1n) is 7.38. The summed E-state index contributed by atoms with van der Waals surface area (Å²) in [5, 5.41) is 0. The van der Waals surface area contributed by atoms with Crippen LogP contribution in [0, 0.1) is 5.82 Å². The van der Waals surface area contributed by atoms with Gasteiger partial charge in [-0.1, -0.05) is 6.07 Å². The zero-order chi connectivity index (χ0) is 15.1. The van der Waals surface area contributed by atoms with Gasteiger partial charge in [-0.25, -0.2) is 9.37 Å². The quantitative estimate of drug-likeness (QED) is 0.868. The molecule has 0 N–H and O–H groups in total. The molecule has 2 heterocycles. The Morgan fingerprint density at radius 2 is 2.05 bits per heavy atom. The maximum atomic E-state index is 14.1. The van der Waals surface area contributed by atoms with E-state index in [2.05, 4.69) is 4.98 Å². The normalized spacial score (nSPS) is 19.8. The van der Waals surface area contributed by atoms with Crippen molar-refractivity contribution < 1.29 is 18.6 Å². The minimum atomic E-state index is -0.384. The number of hydrogen-bond acceptors (Lipinski definition) is 4. The fraction of sp³-hybridized carbons (Fsp3) is 0.353. The molecule has 0 spiro atoms. The Morgan fingerprint density at radius 3 is 2.73 bits per heavy atom. The number of benzene rings is 1. The van der Waals surface area contributed by atoms with Crippen molar-refractivity contribution in [3.8, 4) is 17.4 Å². The van der Waals surface area contributed by atoms with Gasteiger partial charge < -0.3 is 14.2 Å². The maximum Gasteiger partial charge on any atom is 0.212 e. The molecular weight excluding hydrogens is 285 g/mol. The second-order valence-electron chi connectivity index (χ2n) is 5.62. The monoisotopic (exact) mass is 301 g/mol. The van der Waals surface area contributed by atoms with Crippen LogP contribution >= 0.6 is 0 Å².